The van der Waals surface area contributed by atoms with Gasteiger partial charge in [-0.2, -0.15) is 0 Å². The van der Waals surface area contributed by atoms with Gasteiger partial charge in [0.25, 0.3) is 0 Å². The number of benzene rings is 1. The molecule has 1 aromatic heterocycles. The summed E-state index contributed by atoms with van der Waals surface area (Å²) in [7, 11) is 0. The topological polar surface area (TPSA) is 22.1 Å². The molecule has 18 heavy (non-hydrogen) atoms. The standard InChI is InChI=1S/C15H16ClNO/c1-2-11-18-15(13-7-9-17-10-8-13)12-3-5-14(16)6-4-12/h3-10,15H,2,11H2,1H3/t15-/m0/s1. The fourth-order valence-electron chi connectivity index (χ4n) is 1.80. The second-order valence-corrected chi connectivity index (χ2v) is 4.52. The molecule has 0 N–H and O–H groups in total. The Morgan fingerprint density at radius 3 is 2.28 bits per heavy atom. The molecule has 0 fully saturated rings. The molecular formula is C15H16ClNO. The molecule has 0 amide bonds. The second kappa shape index (κ2) is 6.53. The Hall–Kier alpha value is -1.38. The van der Waals surface area contributed by atoms with E-state index in [2.05, 4.69) is 11.9 Å². The van der Waals surface area contributed by atoms with Crippen molar-refractivity contribution in [1.29, 1.82) is 0 Å². The lowest BCUT2D eigenvalue weighted by atomic mass is 10.0. The third-order valence-electron chi connectivity index (χ3n) is 2.67. The van der Waals surface area contributed by atoms with Crippen molar-refractivity contribution in [2.45, 2.75) is 19.4 Å². The third kappa shape index (κ3) is 3.31. The van der Waals surface area contributed by atoms with Crippen molar-refractivity contribution in [3.63, 3.8) is 0 Å². The minimum absolute atomic E-state index is 0.0507. The van der Waals surface area contributed by atoms with Crippen LogP contribution in [0.3, 0.4) is 0 Å². The Bertz CT molecular complexity index is 470. The minimum atomic E-state index is -0.0507. The van der Waals surface area contributed by atoms with Crippen LogP contribution in [-0.2, 0) is 4.74 Å². The zero-order valence-electron chi connectivity index (χ0n) is 10.3. The van der Waals surface area contributed by atoms with Gasteiger partial charge in [0.1, 0.15) is 6.10 Å². The number of halogens is 1. The summed E-state index contributed by atoms with van der Waals surface area (Å²) in [6.45, 7) is 2.83. The average molecular weight is 262 g/mol. The van der Waals surface area contributed by atoms with Crippen LogP contribution >= 0.6 is 11.6 Å². The lowest BCUT2D eigenvalue weighted by molar-refractivity contribution is 0.0806. The quantitative estimate of drug-likeness (QED) is 0.803. The van der Waals surface area contributed by atoms with Crippen LogP contribution < -0.4 is 0 Å². The molecular weight excluding hydrogens is 246 g/mol. The molecule has 3 heteroatoms. The Morgan fingerprint density at radius 1 is 1.06 bits per heavy atom. The number of rotatable bonds is 5. The van der Waals surface area contributed by atoms with Crippen LogP contribution in [0.5, 0.6) is 0 Å². The van der Waals surface area contributed by atoms with Crippen LogP contribution in [0.2, 0.25) is 5.02 Å². The SMILES string of the molecule is CCCO[C@H](c1ccncc1)c1ccc(Cl)cc1. The normalized spacial score (nSPS) is 12.3. The highest BCUT2D eigenvalue weighted by atomic mass is 35.5. The van der Waals surface area contributed by atoms with Crippen LogP contribution in [-0.4, -0.2) is 11.6 Å². The largest absolute Gasteiger partial charge is 0.369 e. The van der Waals surface area contributed by atoms with Gasteiger partial charge in [0, 0.05) is 24.0 Å². The van der Waals surface area contributed by atoms with E-state index < -0.39 is 0 Å². The summed E-state index contributed by atoms with van der Waals surface area (Å²) < 4.78 is 5.93. The number of hydrogen-bond acceptors (Lipinski definition) is 2. The first-order chi connectivity index (χ1) is 8.81. The summed E-state index contributed by atoms with van der Waals surface area (Å²) in [6.07, 6.45) is 4.52. The van der Waals surface area contributed by atoms with Gasteiger partial charge in [0.05, 0.1) is 0 Å². The van der Waals surface area contributed by atoms with Crippen molar-refractivity contribution in [2.75, 3.05) is 6.61 Å². The zero-order chi connectivity index (χ0) is 12.8. The first kappa shape index (κ1) is 13.1. The van der Waals surface area contributed by atoms with Gasteiger partial charge >= 0.3 is 0 Å². The maximum absolute atomic E-state index is 5.93. The number of pyridine rings is 1. The molecule has 2 rings (SSSR count). The average Bonchev–Trinajstić information content (AvgIpc) is 2.42. The summed E-state index contributed by atoms with van der Waals surface area (Å²) in [5, 5.41) is 0.739. The Labute approximate surface area is 113 Å². The highest BCUT2D eigenvalue weighted by molar-refractivity contribution is 6.30. The minimum Gasteiger partial charge on any atom is -0.369 e. The van der Waals surface area contributed by atoms with E-state index in [0.717, 1.165) is 29.2 Å². The molecule has 0 radical (unpaired) electrons. The highest BCUT2D eigenvalue weighted by Crippen LogP contribution is 2.26. The smallest absolute Gasteiger partial charge is 0.108 e. The molecule has 94 valence electrons. The van der Waals surface area contributed by atoms with E-state index in [-0.39, 0.29) is 6.10 Å². The number of hydrogen-bond donors (Lipinski definition) is 0. The van der Waals surface area contributed by atoms with Crippen molar-refractivity contribution >= 4 is 11.6 Å². The van der Waals surface area contributed by atoms with Gasteiger partial charge in [0.15, 0.2) is 0 Å². The van der Waals surface area contributed by atoms with E-state index in [1.807, 2.05) is 36.4 Å². The molecule has 2 aromatic rings. The fourth-order valence-corrected chi connectivity index (χ4v) is 1.92. The van der Waals surface area contributed by atoms with Gasteiger partial charge in [-0.1, -0.05) is 30.7 Å². The van der Waals surface area contributed by atoms with E-state index >= 15 is 0 Å². The lowest BCUT2D eigenvalue weighted by Gasteiger charge is -2.18. The van der Waals surface area contributed by atoms with Gasteiger partial charge in [0.2, 0.25) is 0 Å². The van der Waals surface area contributed by atoms with Gasteiger partial charge in [-0.3, -0.25) is 4.98 Å². The molecule has 2 nitrogen and oxygen atoms in total. The van der Waals surface area contributed by atoms with E-state index in [4.69, 9.17) is 16.3 Å². The molecule has 0 aliphatic heterocycles. The maximum atomic E-state index is 5.93. The highest BCUT2D eigenvalue weighted by Gasteiger charge is 2.14. The Kier molecular flexibility index (Phi) is 4.73. The van der Waals surface area contributed by atoms with Gasteiger partial charge in [-0.05, 0) is 41.8 Å². The first-order valence-corrected chi connectivity index (χ1v) is 6.46. The molecule has 0 bridgehead atoms. The number of ether oxygens (including phenoxy) is 1. The molecule has 1 atom stereocenters. The van der Waals surface area contributed by atoms with Crippen molar-refractivity contribution < 1.29 is 4.74 Å². The van der Waals surface area contributed by atoms with E-state index in [1.165, 1.54) is 0 Å². The molecule has 0 saturated carbocycles. The maximum Gasteiger partial charge on any atom is 0.108 e. The predicted octanol–water partition coefficient (Wildman–Crippen LogP) is 4.25. The summed E-state index contributed by atoms with van der Waals surface area (Å²) in [5.41, 5.74) is 2.22. The summed E-state index contributed by atoms with van der Waals surface area (Å²) in [6, 6.07) is 11.7. The number of aromatic nitrogens is 1. The van der Waals surface area contributed by atoms with Crippen molar-refractivity contribution in [3.8, 4) is 0 Å². The van der Waals surface area contributed by atoms with E-state index in [1.54, 1.807) is 12.4 Å². The lowest BCUT2D eigenvalue weighted by Crippen LogP contribution is -2.07. The molecule has 0 spiro atoms. The monoisotopic (exact) mass is 261 g/mol. The van der Waals surface area contributed by atoms with Gasteiger partial charge < -0.3 is 4.74 Å². The Morgan fingerprint density at radius 2 is 1.67 bits per heavy atom. The summed E-state index contributed by atoms with van der Waals surface area (Å²) in [5.74, 6) is 0. The zero-order valence-corrected chi connectivity index (χ0v) is 11.1. The predicted molar refractivity (Wildman–Crippen MR) is 73.8 cm³/mol. The van der Waals surface area contributed by atoms with Gasteiger partial charge in [-0.25, -0.2) is 0 Å². The van der Waals surface area contributed by atoms with Crippen LogP contribution in [0.15, 0.2) is 48.8 Å². The van der Waals surface area contributed by atoms with Crippen LogP contribution in [0, 0.1) is 0 Å². The van der Waals surface area contributed by atoms with Crippen LogP contribution in [0.4, 0.5) is 0 Å². The van der Waals surface area contributed by atoms with Crippen LogP contribution in [0.25, 0.3) is 0 Å². The summed E-state index contributed by atoms with van der Waals surface area (Å²) >= 11 is 5.92. The molecule has 0 saturated heterocycles. The van der Waals surface area contributed by atoms with Gasteiger partial charge in [-0.15, -0.1) is 0 Å². The summed E-state index contributed by atoms with van der Waals surface area (Å²) in [4.78, 5) is 4.04. The Balaban J connectivity index is 2.27. The van der Waals surface area contributed by atoms with Crippen molar-refractivity contribution in [3.05, 3.63) is 64.9 Å². The number of nitrogens with zero attached hydrogens (tertiary/aromatic N) is 1. The molecule has 0 aliphatic carbocycles. The van der Waals surface area contributed by atoms with Crippen molar-refractivity contribution in [1.82, 2.24) is 4.98 Å². The molecule has 0 aliphatic rings. The van der Waals surface area contributed by atoms with Crippen LogP contribution in [0.1, 0.15) is 30.6 Å². The molecule has 1 aromatic carbocycles. The first-order valence-electron chi connectivity index (χ1n) is 6.08. The van der Waals surface area contributed by atoms with E-state index in [9.17, 15) is 0 Å². The van der Waals surface area contributed by atoms with Crippen molar-refractivity contribution in [2.24, 2.45) is 0 Å². The molecule has 1 heterocycles. The molecule has 0 unspecified atom stereocenters. The second-order valence-electron chi connectivity index (χ2n) is 4.08. The fraction of sp³-hybridized carbons (Fsp3) is 0.267. The van der Waals surface area contributed by atoms with E-state index in [0.29, 0.717) is 0 Å². The third-order valence-corrected chi connectivity index (χ3v) is 2.92.